The molecule has 0 atom stereocenters. The van der Waals surface area contributed by atoms with Crippen LogP contribution in [0, 0.1) is 0 Å². The van der Waals surface area contributed by atoms with E-state index in [1.54, 1.807) is 0 Å². The number of carbonyl (C=O) groups is 2. The van der Waals surface area contributed by atoms with Gasteiger partial charge in [0, 0.05) is 17.6 Å². The average molecular weight is 666 g/mol. The Labute approximate surface area is 209 Å². The first-order valence-electron chi connectivity index (χ1n) is 8.74. The second-order valence-electron chi connectivity index (χ2n) is 6.47. The van der Waals surface area contributed by atoms with Crippen LogP contribution in [0.4, 0.5) is 0 Å². The Morgan fingerprint density at radius 3 is 1.37 bits per heavy atom. The van der Waals surface area contributed by atoms with Crippen molar-refractivity contribution in [1.82, 2.24) is 0 Å². The summed E-state index contributed by atoms with van der Waals surface area (Å²) in [5, 5.41) is 0. The third kappa shape index (κ3) is 5.33. The van der Waals surface area contributed by atoms with Crippen molar-refractivity contribution in [1.29, 1.82) is 0 Å². The summed E-state index contributed by atoms with van der Waals surface area (Å²) in [7, 11) is 0. The molecule has 2 aromatic rings. The summed E-state index contributed by atoms with van der Waals surface area (Å²) in [5.41, 5.74) is 1.60. The highest BCUT2D eigenvalue weighted by atomic mass is 79.9. The zero-order valence-corrected chi connectivity index (χ0v) is 22.6. The van der Waals surface area contributed by atoms with E-state index in [0.717, 1.165) is 29.7 Å². The lowest BCUT2D eigenvalue weighted by molar-refractivity contribution is -0.129. The average Bonchev–Trinajstić information content (AvgIpc) is 2.71. The van der Waals surface area contributed by atoms with Crippen LogP contribution in [0.25, 0.3) is 0 Å². The molecule has 0 heterocycles. The van der Waals surface area contributed by atoms with Crippen LogP contribution in [0.5, 0.6) is 11.5 Å². The van der Waals surface area contributed by atoms with Crippen molar-refractivity contribution in [3.05, 3.63) is 78.6 Å². The maximum absolute atomic E-state index is 11.6. The molecule has 0 aliphatic carbocycles. The SMILES string of the molecule is C=CC(=O)Oc1c(Br)cc(C(C)(CC)c2cc(Br)c(OC(=O)C=C)c(Br)c2)cc1Br. The van der Waals surface area contributed by atoms with Crippen molar-refractivity contribution >= 4 is 75.7 Å². The fourth-order valence-corrected chi connectivity index (χ4v) is 5.51. The van der Waals surface area contributed by atoms with Gasteiger partial charge in [0.1, 0.15) is 0 Å². The quantitative estimate of drug-likeness (QED) is 0.173. The second-order valence-corrected chi connectivity index (χ2v) is 9.89. The van der Waals surface area contributed by atoms with Gasteiger partial charge in [-0.1, -0.05) is 27.0 Å². The first-order chi connectivity index (χ1) is 14.1. The van der Waals surface area contributed by atoms with Crippen LogP contribution in [0.1, 0.15) is 31.4 Å². The molecular weight excluding hydrogens is 648 g/mol. The van der Waals surface area contributed by atoms with Gasteiger partial charge >= 0.3 is 11.9 Å². The van der Waals surface area contributed by atoms with Gasteiger partial charge in [0.15, 0.2) is 11.5 Å². The van der Waals surface area contributed by atoms with E-state index in [-0.39, 0.29) is 0 Å². The summed E-state index contributed by atoms with van der Waals surface area (Å²) in [5.74, 6) is -0.313. The summed E-state index contributed by atoms with van der Waals surface area (Å²) < 4.78 is 13.2. The molecule has 4 nitrogen and oxygen atoms in total. The molecule has 8 heteroatoms. The highest BCUT2D eigenvalue weighted by molar-refractivity contribution is 9.11. The molecule has 0 aliphatic rings. The number of hydrogen-bond donors (Lipinski definition) is 0. The number of ether oxygens (including phenoxy) is 2. The fraction of sp³-hybridized carbons (Fsp3) is 0.182. The summed E-state index contributed by atoms with van der Waals surface area (Å²) in [4.78, 5) is 23.2. The lowest BCUT2D eigenvalue weighted by Gasteiger charge is -2.31. The van der Waals surface area contributed by atoms with E-state index in [0.29, 0.717) is 29.4 Å². The number of benzene rings is 2. The van der Waals surface area contributed by atoms with E-state index in [4.69, 9.17) is 9.47 Å². The van der Waals surface area contributed by atoms with Gasteiger partial charge in [-0.05, 0) is 106 Å². The Morgan fingerprint density at radius 2 is 1.13 bits per heavy atom. The molecule has 0 saturated heterocycles. The molecule has 0 fully saturated rings. The van der Waals surface area contributed by atoms with Crippen molar-refractivity contribution in [2.24, 2.45) is 0 Å². The third-order valence-corrected chi connectivity index (χ3v) is 7.07. The van der Waals surface area contributed by atoms with Gasteiger partial charge in [0.25, 0.3) is 0 Å². The van der Waals surface area contributed by atoms with Crippen LogP contribution < -0.4 is 9.47 Å². The second kappa shape index (κ2) is 10.4. The first-order valence-corrected chi connectivity index (χ1v) is 11.9. The number of esters is 2. The van der Waals surface area contributed by atoms with Crippen molar-refractivity contribution in [3.8, 4) is 11.5 Å². The molecule has 0 bridgehead atoms. The molecule has 0 unspecified atom stereocenters. The van der Waals surface area contributed by atoms with Crippen LogP contribution in [-0.4, -0.2) is 11.9 Å². The number of hydrogen-bond acceptors (Lipinski definition) is 4. The van der Waals surface area contributed by atoms with E-state index < -0.39 is 17.4 Å². The lowest BCUT2D eigenvalue weighted by Crippen LogP contribution is -2.23. The highest BCUT2D eigenvalue weighted by Crippen LogP contribution is 2.45. The molecule has 2 aromatic carbocycles. The Bertz CT molecular complexity index is 906. The molecule has 0 aliphatic heterocycles. The first kappa shape index (κ1) is 25.0. The van der Waals surface area contributed by atoms with Crippen LogP contribution in [-0.2, 0) is 15.0 Å². The summed E-state index contributed by atoms with van der Waals surface area (Å²) in [6.45, 7) is 11.0. The van der Waals surface area contributed by atoms with Gasteiger partial charge in [0.2, 0.25) is 0 Å². The van der Waals surface area contributed by atoms with E-state index in [2.05, 4.69) is 90.7 Å². The predicted octanol–water partition coefficient (Wildman–Crippen LogP) is 7.64. The molecule has 0 amide bonds. The van der Waals surface area contributed by atoms with E-state index >= 15 is 0 Å². The maximum Gasteiger partial charge on any atom is 0.335 e. The third-order valence-electron chi connectivity index (χ3n) is 4.72. The molecule has 0 saturated carbocycles. The van der Waals surface area contributed by atoms with Gasteiger partial charge < -0.3 is 9.47 Å². The Hall–Kier alpha value is -1.22. The monoisotopic (exact) mass is 662 g/mol. The maximum atomic E-state index is 11.6. The normalized spacial score (nSPS) is 11.0. The fourth-order valence-electron chi connectivity index (χ4n) is 2.81. The van der Waals surface area contributed by atoms with Crippen molar-refractivity contribution in [2.75, 3.05) is 0 Å². The molecule has 0 spiro atoms. The number of rotatable bonds is 7. The van der Waals surface area contributed by atoms with Crippen LogP contribution in [0.3, 0.4) is 0 Å². The summed E-state index contributed by atoms with van der Waals surface area (Å²) in [6.07, 6.45) is 3.00. The number of carbonyl (C=O) groups excluding carboxylic acids is 2. The molecule has 0 N–H and O–H groups in total. The number of halogens is 4. The molecule has 30 heavy (non-hydrogen) atoms. The van der Waals surface area contributed by atoms with Gasteiger partial charge in [-0.15, -0.1) is 0 Å². The van der Waals surface area contributed by atoms with Gasteiger partial charge in [-0.2, -0.15) is 0 Å². The van der Waals surface area contributed by atoms with Crippen LogP contribution in [0.2, 0.25) is 0 Å². The molecule has 0 radical (unpaired) electrons. The minimum Gasteiger partial charge on any atom is -0.421 e. The smallest absolute Gasteiger partial charge is 0.335 e. The van der Waals surface area contributed by atoms with Crippen molar-refractivity contribution in [3.63, 3.8) is 0 Å². The van der Waals surface area contributed by atoms with E-state index in [9.17, 15) is 9.59 Å². The topological polar surface area (TPSA) is 52.6 Å². The standard InChI is InChI=1S/C22H18Br4O4/c1-5-18(27)29-20-14(23)8-12(9-15(20)24)22(4,7-3)13-10-16(25)21(17(26)11-13)30-19(28)6-2/h5-6,8-11H,1-2,7H2,3-4H3. The Balaban J connectivity index is 2.57. The zero-order valence-electron chi connectivity index (χ0n) is 16.2. The van der Waals surface area contributed by atoms with Crippen molar-refractivity contribution in [2.45, 2.75) is 25.7 Å². The van der Waals surface area contributed by atoms with E-state index in [1.807, 2.05) is 24.3 Å². The minimum absolute atomic E-state index is 0.385. The molecular formula is C22H18Br4O4. The van der Waals surface area contributed by atoms with Crippen molar-refractivity contribution < 1.29 is 19.1 Å². The van der Waals surface area contributed by atoms with Gasteiger partial charge in [-0.3, -0.25) is 0 Å². The Kier molecular flexibility index (Phi) is 8.68. The lowest BCUT2D eigenvalue weighted by atomic mass is 9.74. The van der Waals surface area contributed by atoms with E-state index in [1.165, 1.54) is 0 Å². The Morgan fingerprint density at radius 1 is 0.833 bits per heavy atom. The van der Waals surface area contributed by atoms with Gasteiger partial charge in [-0.25, -0.2) is 9.59 Å². The van der Waals surface area contributed by atoms with Crippen LogP contribution in [0.15, 0.2) is 67.5 Å². The van der Waals surface area contributed by atoms with Gasteiger partial charge in [0.05, 0.1) is 17.9 Å². The van der Waals surface area contributed by atoms with Crippen LogP contribution >= 0.6 is 63.7 Å². The molecule has 158 valence electrons. The molecule has 2 rings (SSSR count). The molecule has 0 aromatic heterocycles. The highest BCUT2D eigenvalue weighted by Gasteiger charge is 2.30. The zero-order chi connectivity index (χ0) is 22.6. The summed E-state index contributed by atoms with van der Waals surface area (Å²) in [6, 6.07) is 7.70. The largest absolute Gasteiger partial charge is 0.421 e. The predicted molar refractivity (Wildman–Crippen MR) is 132 cm³/mol. The summed E-state index contributed by atoms with van der Waals surface area (Å²) >= 11 is 14.0. The minimum atomic E-state index is -0.542.